The average molecular weight is 322 g/mol. The lowest BCUT2D eigenvalue weighted by Gasteiger charge is -2.19. The van der Waals surface area contributed by atoms with E-state index >= 15 is 0 Å². The maximum absolute atomic E-state index is 3.71. The molecular formula is C22H30N2. The van der Waals surface area contributed by atoms with Gasteiger partial charge in [-0.3, -0.25) is 0 Å². The summed E-state index contributed by atoms with van der Waals surface area (Å²) in [6.07, 6.45) is 9.48. The molecule has 0 spiro atoms. The average Bonchev–Trinajstić information content (AvgIpc) is 3.14. The second-order valence-electron chi connectivity index (χ2n) is 6.86. The predicted molar refractivity (Wildman–Crippen MR) is 105 cm³/mol. The molecule has 2 aromatic rings. The van der Waals surface area contributed by atoms with Gasteiger partial charge in [0.1, 0.15) is 0 Å². The Morgan fingerprint density at radius 1 is 1.21 bits per heavy atom. The first kappa shape index (κ1) is 17.2. The summed E-state index contributed by atoms with van der Waals surface area (Å²) in [7, 11) is 0. The van der Waals surface area contributed by atoms with Crippen LogP contribution in [0.1, 0.15) is 44.1 Å². The van der Waals surface area contributed by atoms with Crippen molar-refractivity contribution in [3.8, 4) is 0 Å². The third-order valence-corrected chi connectivity index (χ3v) is 5.14. The van der Waals surface area contributed by atoms with Gasteiger partial charge in [0.25, 0.3) is 0 Å². The fourth-order valence-corrected chi connectivity index (χ4v) is 3.78. The zero-order valence-corrected chi connectivity index (χ0v) is 14.8. The van der Waals surface area contributed by atoms with E-state index < -0.39 is 0 Å². The van der Waals surface area contributed by atoms with E-state index in [1.165, 1.54) is 42.1 Å². The van der Waals surface area contributed by atoms with Crippen molar-refractivity contribution in [1.82, 2.24) is 10.6 Å². The van der Waals surface area contributed by atoms with E-state index in [1.54, 1.807) is 0 Å². The highest BCUT2D eigenvalue weighted by Gasteiger charge is 2.15. The highest BCUT2D eigenvalue weighted by atomic mass is 14.9. The molecule has 0 radical (unpaired) electrons. The molecule has 2 aromatic carbocycles. The van der Waals surface area contributed by atoms with E-state index in [2.05, 4.69) is 72.2 Å². The Morgan fingerprint density at radius 2 is 2.08 bits per heavy atom. The summed E-state index contributed by atoms with van der Waals surface area (Å²) in [5.74, 6) is 0.531. The Kier molecular flexibility index (Phi) is 6.45. The topological polar surface area (TPSA) is 24.1 Å². The molecule has 0 bridgehead atoms. The highest BCUT2D eigenvalue weighted by molar-refractivity contribution is 5.86. The smallest absolute Gasteiger partial charge is 0.00796 e. The molecular weight excluding hydrogens is 292 g/mol. The van der Waals surface area contributed by atoms with Gasteiger partial charge in [0.2, 0.25) is 0 Å². The number of hydrogen-bond donors (Lipinski definition) is 2. The van der Waals surface area contributed by atoms with Gasteiger partial charge < -0.3 is 10.6 Å². The van der Waals surface area contributed by atoms with E-state index in [9.17, 15) is 0 Å². The van der Waals surface area contributed by atoms with Crippen LogP contribution in [-0.2, 0) is 0 Å². The van der Waals surface area contributed by atoms with Crippen LogP contribution in [0.3, 0.4) is 0 Å². The van der Waals surface area contributed by atoms with Crippen LogP contribution >= 0.6 is 0 Å². The molecule has 0 amide bonds. The minimum absolute atomic E-state index is 0.531. The van der Waals surface area contributed by atoms with Crippen molar-refractivity contribution in [2.45, 2.75) is 44.6 Å². The third-order valence-electron chi connectivity index (χ3n) is 5.14. The van der Waals surface area contributed by atoms with Crippen molar-refractivity contribution in [3.05, 3.63) is 60.2 Å². The van der Waals surface area contributed by atoms with E-state index in [0.717, 1.165) is 25.6 Å². The summed E-state index contributed by atoms with van der Waals surface area (Å²) in [6.45, 7) is 5.46. The zero-order valence-electron chi connectivity index (χ0n) is 14.8. The van der Waals surface area contributed by atoms with Crippen molar-refractivity contribution >= 4 is 10.8 Å². The second-order valence-corrected chi connectivity index (χ2v) is 6.86. The highest BCUT2D eigenvalue weighted by Crippen LogP contribution is 2.28. The maximum Gasteiger partial charge on any atom is 0.00796 e. The fourth-order valence-electron chi connectivity index (χ4n) is 3.78. The summed E-state index contributed by atoms with van der Waals surface area (Å²) in [4.78, 5) is 0. The van der Waals surface area contributed by atoms with Gasteiger partial charge in [-0.1, -0.05) is 54.6 Å². The van der Waals surface area contributed by atoms with Gasteiger partial charge in [0.15, 0.2) is 0 Å². The second kappa shape index (κ2) is 9.00. The lowest BCUT2D eigenvalue weighted by molar-refractivity contribution is 0.506. The number of hydrogen-bond acceptors (Lipinski definition) is 2. The molecule has 128 valence electrons. The Balaban J connectivity index is 1.66. The maximum atomic E-state index is 3.71. The standard InChI is InChI=1S/C22H30N2/c1-2-3-8-19(17-23-16-14-20-11-7-15-24-20)22-13-6-10-18-9-4-5-12-21(18)22/h2-6,9-10,12-13,19-20,23-24H,7-8,11,14-17H2,1H3/b3-2+. The summed E-state index contributed by atoms with van der Waals surface area (Å²) in [6, 6.07) is 16.2. The summed E-state index contributed by atoms with van der Waals surface area (Å²) in [5, 5.41) is 10.0. The molecule has 3 rings (SSSR count). The van der Waals surface area contributed by atoms with Crippen molar-refractivity contribution in [3.63, 3.8) is 0 Å². The lowest BCUT2D eigenvalue weighted by atomic mass is 9.90. The first-order valence-corrected chi connectivity index (χ1v) is 9.41. The summed E-state index contributed by atoms with van der Waals surface area (Å²) < 4.78 is 0. The molecule has 0 saturated carbocycles. The molecule has 24 heavy (non-hydrogen) atoms. The number of rotatable bonds is 8. The minimum atomic E-state index is 0.531. The molecule has 1 heterocycles. The van der Waals surface area contributed by atoms with Gasteiger partial charge in [-0.25, -0.2) is 0 Å². The molecule has 0 aliphatic carbocycles. The summed E-state index contributed by atoms with van der Waals surface area (Å²) in [5.41, 5.74) is 1.47. The van der Waals surface area contributed by atoms with Crippen LogP contribution in [0.4, 0.5) is 0 Å². The fraction of sp³-hybridized carbons (Fsp3) is 0.455. The number of benzene rings is 2. The van der Waals surface area contributed by atoms with Crippen molar-refractivity contribution < 1.29 is 0 Å². The Hall–Kier alpha value is -1.64. The zero-order chi connectivity index (χ0) is 16.6. The molecule has 2 heteroatoms. The van der Waals surface area contributed by atoms with Gasteiger partial charge >= 0.3 is 0 Å². The van der Waals surface area contributed by atoms with Crippen molar-refractivity contribution in [1.29, 1.82) is 0 Å². The van der Waals surface area contributed by atoms with Gasteiger partial charge in [-0.15, -0.1) is 0 Å². The minimum Gasteiger partial charge on any atom is -0.316 e. The van der Waals surface area contributed by atoms with Crippen LogP contribution in [0.5, 0.6) is 0 Å². The quantitative estimate of drug-likeness (QED) is 0.547. The third kappa shape index (κ3) is 4.46. The van der Waals surface area contributed by atoms with Crippen LogP contribution < -0.4 is 10.6 Å². The van der Waals surface area contributed by atoms with Gasteiger partial charge in [0, 0.05) is 18.5 Å². The first-order valence-electron chi connectivity index (χ1n) is 9.41. The number of fused-ring (bicyclic) bond motifs is 1. The van der Waals surface area contributed by atoms with E-state index in [0.29, 0.717) is 5.92 Å². The predicted octanol–water partition coefficient (Wildman–Crippen LogP) is 4.62. The van der Waals surface area contributed by atoms with Crippen LogP contribution in [0.15, 0.2) is 54.6 Å². The Bertz CT molecular complexity index is 651. The number of nitrogens with one attached hydrogen (secondary N) is 2. The van der Waals surface area contributed by atoms with E-state index in [-0.39, 0.29) is 0 Å². The van der Waals surface area contributed by atoms with Crippen LogP contribution in [0, 0.1) is 0 Å². The van der Waals surface area contributed by atoms with Crippen molar-refractivity contribution in [2.75, 3.05) is 19.6 Å². The Morgan fingerprint density at radius 3 is 2.92 bits per heavy atom. The monoisotopic (exact) mass is 322 g/mol. The first-order chi connectivity index (χ1) is 11.9. The van der Waals surface area contributed by atoms with Crippen LogP contribution in [0.2, 0.25) is 0 Å². The molecule has 2 atom stereocenters. The SMILES string of the molecule is C/C=C/CC(CNCCC1CCCN1)c1cccc2ccccc12. The number of allylic oxidation sites excluding steroid dienone is 2. The van der Waals surface area contributed by atoms with Gasteiger partial charge in [-0.05, 0) is 62.0 Å². The normalized spacial score (nSPS) is 19.3. The molecule has 2 unspecified atom stereocenters. The van der Waals surface area contributed by atoms with Gasteiger partial charge in [0.05, 0.1) is 0 Å². The van der Waals surface area contributed by atoms with Crippen molar-refractivity contribution in [2.24, 2.45) is 0 Å². The molecule has 1 aliphatic rings. The van der Waals surface area contributed by atoms with Crippen LogP contribution in [-0.4, -0.2) is 25.7 Å². The molecule has 1 saturated heterocycles. The molecule has 0 aromatic heterocycles. The van der Waals surface area contributed by atoms with Crippen LogP contribution in [0.25, 0.3) is 10.8 Å². The Labute approximate surface area is 146 Å². The molecule has 1 aliphatic heterocycles. The van der Waals surface area contributed by atoms with E-state index in [4.69, 9.17) is 0 Å². The molecule has 2 N–H and O–H groups in total. The van der Waals surface area contributed by atoms with Gasteiger partial charge in [-0.2, -0.15) is 0 Å². The van der Waals surface area contributed by atoms with E-state index in [1.807, 2.05) is 0 Å². The largest absolute Gasteiger partial charge is 0.316 e. The molecule has 1 fully saturated rings. The summed E-state index contributed by atoms with van der Waals surface area (Å²) >= 11 is 0. The molecule has 2 nitrogen and oxygen atoms in total. The lowest BCUT2D eigenvalue weighted by Crippen LogP contribution is -2.29.